The van der Waals surface area contributed by atoms with E-state index >= 15 is 0 Å². The minimum Gasteiger partial charge on any atom is -0.416 e. The maximum absolute atomic E-state index is 6.45. The second-order valence-electron chi connectivity index (χ2n) is 7.89. The van der Waals surface area contributed by atoms with Gasteiger partial charge in [0.25, 0.3) is 0 Å². The van der Waals surface area contributed by atoms with Crippen molar-refractivity contribution in [1.82, 2.24) is 9.97 Å². The molecule has 1 fully saturated rings. The van der Waals surface area contributed by atoms with Crippen LogP contribution >= 0.6 is 0 Å². The van der Waals surface area contributed by atoms with Gasteiger partial charge in [0.05, 0.1) is 11.1 Å². The first-order valence-electron chi connectivity index (χ1n) is 8.85. The zero-order valence-corrected chi connectivity index (χ0v) is 17.0. The molecule has 0 atom stereocenters. The van der Waals surface area contributed by atoms with Gasteiger partial charge in [0, 0.05) is 27.0 Å². The third-order valence-electron chi connectivity index (χ3n) is 4.77. The third kappa shape index (κ3) is 4.62. The molecule has 0 saturated heterocycles. The van der Waals surface area contributed by atoms with Crippen molar-refractivity contribution >= 4 is 8.32 Å². The molecular weight excluding hydrogens is 320 g/mol. The van der Waals surface area contributed by atoms with Crippen molar-refractivity contribution in [2.24, 2.45) is 5.92 Å². The highest BCUT2D eigenvalue weighted by atomic mass is 28.4. The standard InChI is InChI=1S/C18H32N2O3Si/c1-14(2)12-24(5,6)23-13-18(9-7-10-18)17-19-11-8-15(20-17)16(21-3)22-4/h8,11,14,16H,7,9-10,12-13H2,1-6H3. The highest BCUT2D eigenvalue weighted by Crippen LogP contribution is 2.43. The van der Waals surface area contributed by atoms with Crippen LogP contribution in [0.15, 0.2) is 12.3 Å². The predicted molar refractivity (Wildman–Crippen MR) is 97.4 cm³/mol. The molecule has 0 spiro atoms. The van der Waals surface area contributed by atoms with Crippen LogP contribution in [-0.2, 0) is 19.3 Å². The first-order chi connectivity index (χ1) is 11.3. The van der Waals surface area contributed by atoms with Gasteiger partial charge in [-0.1, -0.05) is 20.3 Å². The number of hydrogen-bond acceptors (Lipinski definition) is 5. The molecule has 1 aromatic heterocycles. The van der Waals surface area contributed by atoms with Crippen LogP contribution in [0.3, 0.4) is 0 Å². The molecule has 0 amide bonds. The zero-order valence-electron chi connectivity index (χ0n) is 16.0. The van der Waals surface area contributed by atoms with E-state index in [1.54, 1.807) is 20.4 Å². The second kappa shape index (κ2) is 8.04. The molecular formula is C18H32N2O3Si. The van der Waals surface area contributed by atoms with Crippen molar-refractivity contribution in [2.75, 3.05) is 20.8 Å². The summed E-state index contributed by atoms with van der Waals surface area (Å²) in [5, 5.41) is 0. The van der Waals surface area contributed by atoms with Crippen LogP contribution in [0.2, 0.25) is 19.1 Å². The number of methoxy groups -OCH3 is 2. The van der Waals surface area contributed by atoms with E-state index in [9.17, 15) is 0 Å². The molecule has 0 N–H and O–H groups in total. The molecule has 0 aliphatic heterocycles. The maximum atomic E-state index is 6.45. The summed E-state index contributed by atoms with van der Waals surface area (Å²) in [6.07, 6.45) is 4.75. The largest absolute Gasteiger partial charge is 0.416 e. The number of ether oxygens (including phenoxy) is 2. The van der Waals surface area contributed by atoms with Crippen molar-refractivity contribution in [3.63, 3.8) is 0 Å². The van der Waals surface area contributed by atoms with E-state index in [0.717, 1.165) is 31.0 Å². The van der Waals surface area contributed by atoms with Gasteiger partial charge in [-0.3, -0.25) is 0 Å². The predicted octanol–water partition coefficient (Wildman–Crippen LogP) is 4.07. The number of rotatable bonds is 9. The van der Waals surface area contributed by atoms with Crippen LogP contribution in [0.1, 0.15) is 50.9 Å². The van der Waals surface area contributed by atoms with Gasteiger partial charge >= 0.3 is 0 Å². The zero-order chi connectivity index (χ0) is 17.8. The van der Waals surface area contributed by atoms with Gasteiger partial charge in [0.2, 0.25) is 6.29 Å². The highest BCUT2D eigenvalue weighted by Gasteiger charge is 2.43. The van der Waals surface area contributed by atoms with Gasteiger partial charge in [-0.05, 0) is 44.0 Å². The van der Waals surface area contributed by atoms with Gasteiger partial charge in [-0.2, -0.15) is 0 Å². The summed E-state index contributed by atoms with van der Waals surface area (Å²) in [5.41, 5.74) is 0.735. The monoisotopic (exact) mass is 352 g/mol. The quantitative estimate of drug-likeness (QED) is 0.495. The Hall–Kier alpha value is -0.823. The van der Waals surface area contributed by atoms with Gasteiger partial charge < -0.3 is 13.9 Å². The Morgan fingerprint density at radius 2 is 1.88 bits per heavy atom. The normalized spacial score (nSPS) is 17.3. The molecule has 0 unspecified atom stereocenters. The molecule has 1 aliphatic rings. The number of nitrogens with zero attached hydrogens (tertiary/aromatic N) is 2. The lowest BCUT2D eigenvalue weighted by molar-refractivity contribution is -0.109. The summed E-state index contributed by atoms with van der Waals surface area (Å²) in [4.78, 5) is 9.30. The van der Waals surface area contributed by atoms with Crippen LogP contribution in [0, 0.1) is 5.92 Å². The fraction of sp³-hybridized carbons (Fsp3) is 0.778. The topological polar surface area (TPSA) is 53.5 Å². The van der Waals surface area contributed by atoms with Crippen LogP contribution < -0.4 is 0 Å². The fourth-order valence-corrected chi connectivity index (χ4v) is 6.26. The molecule has 1 saturated carbocycles. The molecule has 0 bridgehead atoms. The van der Waals surface area contributed by atoms with Crippen molar-refractivity contribution in [2.45, 2.75) is 64.0 Å². The minimum absolute atomic E-state index is 0.0384. The van der Waals surface area contributed by atoms with Crippen LogP contribution in [0.5, 0.6) is 0 Å². The van der Waals surface area contributed by atoms with E-state index in [4.69, 9.17) is 18.9 Å². The Kier molecular flexibility index (Phi) is 6.53. The maximum Gasteiger partial charge on any atom is 0.200 e. The van der Waals surface area contributed by atoms with Crippen molar-refractivity contribution < 1.29 is 13.9 Å². The molecule has 1 heterocycles. The molecule has 24 heavy (non-hydrogen) atoms. The van der Waals surface area contributed by atoms with E-state index in [1.165, 1.54) is 12.5 Å². The summed E-state index contributed by atoms with van der Waals surface area (Å²) < 4.78 is 17.1. The van der Waals surface area contributed by atoms with E-state index < -0.39 is 14.6 Å². The van der Waals surface area contributed by atoms with Crippen LogP contribution in [0.25, 0.3) is 0 Å². The Labute approximate surface area is 147 Å². The van der Waals surface area contributed by atoms with Gasteiger partial charge in [0.1, 0.15) is 5.82 Å². The number of hydrogen-bond donors (Lipinski definition) is 0. The average Bonchev–Trinajstić information content (AvgIpc) is 2.46. The lowest BCUT2D eigenvalue weighted by Gasteiger charge is -2.42. The smallest absolute Gasteiger partial charge is 0.200 e. The summed E-state index contributed by atoms with van der Waals surface area (Å²) in [7, 11) is 1.60. The van der Waals surface area contributed by atoms with Gasteiger partial charge in [-0.25, -0.2) is 9.97 Å². The van der Waals surface area contributed by atoms with Crippen molar-refractivity contribution in [3.05, 3.63) is 23.8 Å². The molecule has 0 aromatic carbocycles. The molecule has 0 radical (unpaired) electrons. The lowest BCUT2D eigenvalue weighted by atomic mass is 9.68. The SMILES string of the molecule is COC(OC)c1ccnc(C2(CO[Si](C)(C)CC(C)C)CCC2)n1. The third-order valence-corrected chi connectivity index (χ3v) is 7.50. The molecule has 6 heteroatoms. The van der Waals surface area contributed by atoms with Crippen LogP contribution in [-0.4, -0.2) is 39.1 Å². The Morgan fingerprint density at radius 3 is 2.38 bits per heavy atom. The second-order valence-corrected chi connectivity index (χ2v) is 12.1. The Balaban J connectivity index is 2.14. The first-order valence-corrected chi connectivity index (χ1v) is 12.0. The molecule has 1 aromatic rings. The van der Waals surface area contributed by atoms with Crippen molar-refractivity contribution in [1.29, 1.82) is 0 Å². The average molecular weight is 353 g/mol. The lowest BCUT2D eigenvalue weighted by Crippen LogP contribution is -2.45. The van der Waals surface area contributed by atoms with E-state index in [-0.39, 0.29) is 5.41 Å². The molecule has 2 rings (SSSR count). The summed E-state index contributed by atoms with van der Waals surface area (Å²) >= 11 is 0. The highest BCUT2D eigenvalue weighted by molar-refractivity contribution is 6.71. The Bertz CT molecular complexity index is 529. The molecule has 5 nitrogen and oxygen atoms in total. The minimum atomic E-state index is -1.65. The number of aromatic nitrogens is 2. The summed E-state index contributed by atoms with van der Waals surface area (Å²) in [5.74, 6) is 1.55. The fourth-order valence-electron chi connectivity index (χ4n) is 3.51. The van der Waals surface area contributed by atoms with Gasteiger partial charge in [0.15, 0.2) is 8.32 Å². The van der Waals surface area contributed by atoms with E-state index in [2.05, 4.69) is 31.9 Å². The molecule has 1 aliphatic carbocycles. The van der Waals surface area contributed by atoms with Crippen molar-refractivity contribution in [3.8, 4) is 0 Å². The Morgan fingerprint density at radius 1 is 1.21 bits per heavy atom. The molecule has 136 valence electrons. The van der Waals surface area contributed by atoms with Gasteiger partial charge in [-0.15, -0.1) is 0 Å². The first kappa shape index (κ1) is 19.5. The summed E-state index contributed by atoms with van der Waals surface area (Å²) in [6.45, 7) is 9.87. The van der Waals surface area contributed by atoms with Crippen LogP contribution in [0.4, 0.5) is 0 Å². The van der Waals surface area contributed by atoms with E-state index in [0.29, 0.717) is 5.92 Å². The summed E-state index contributed by atoms with van der Waals surface area (Å²) in [6, 6.07) is 3.03. The van der Waals surface area contributed by atoms with E-state index in [1.807, 2.05) is 6.07 Å².